The Balaban J connectivity index is 2.10. The van der Waals surface area contributed by atoms with Gasteiger partial charge in [0.05, 0.1) is 5.56 Å². The van der Waals surface area contributed by atoms with Crippen LogP contribution in [0.3, 0.4) is 0 Å². The summed E-state index contributed by atoms with van der Waals surface area (Å²) in [5, 5.41) is 2.75. The number of nitrogens with zero attached hydrogens (tertiary/aromatic N) is 1. The first-order valence-electron chi connectivity index (χ1n) is 6.23. The Kier molecular flexibility index (Phi) is 3.98. The highest BCUT2D eigenvalue weighted by atomic mass is 19.1. The molecular formula is C15H16FN3O. The lowest BCUT2D eigenvalue weighted by Gasteiger charge is -2.09. The highest BCUT2D eigenvalue weighted by molar-refractivity contribution is 5.98. The van der Waals surface area contributed by atoms with Crippen molar-refractivity contribution >= 4 is 11.7 Å². The van der Waals surface area contributed by atoms with Crippen molar-refractivity contribution < 1.29 is 9.18 Å². The van der Waals surface area contributed by atoms with Crippen LogP contribution in [-0.4, -0.2) is 10.9 Å². The Labute approximate surface area is 116 Å². The summed E-state index contributed by atoms with van der Waals surface area (Å²) in [7, 11) is 0. The average molecular weight is 273 g/mol. The van der Waals surface area contributed by atoms with E-state index < -0.39 is 0 Å². The third kappa shape index (κ3) is 2.93. The smallest absolute Gasteiger partial charge is 0.255 e. The van der Waals surface area contributed by atoms with Crippen LogP contribution in [0.25, 0.3) is 0 Å². The lowest BCUT2D eigenvalue weighted by molar-refractivity contribution is 0.0951. The lowest BCUT2D eigenvalue weighted by Crippen LogP contribution is -2.24. The molecule has 1 aromatic carbocycles. The number of carbonyl (C=O) groups is 1. The molecule has 4 nitrogen and oxygen atoms in total. The summed E-state index contributed by atoms with van der Waals surface area (Å²) in [6.45, 7) is 3.72. The molecule has 0 atom stereocenters. The maximum absolute atomic E-state index is 13.5. The fourth-order valence-electron chi connectivity index (χ4n) is 2.02. The molecule has 0 bridgehead atoms. The number of hydrogen-bond acceptors (Lipinski definition) is 3. The number of carbonyl (C=O) groups excluding carboxylic acids is 1. The number of nitrogens with two attached hydrogens (primary N) is 1. The van der Waals surface area contributed by atoms with Gasteiger partial charge in [-0.25, -0.2) is 9.37 Å². The number of aromatic nitrogens is 1. The number of aryl methyl sites for hydroxylation is 2. The molecular weight excluding hydrogens is 257 g/mol. The van der Waals surface area contributed by atoms with E-state index in [9.17, 15) is 9.18 Å². The highest BCUT2D eigenvalue weighted by Crippen LogP contribution is 2.15. The van der Waals surface area contributed by atoms with E-state index in [0.29, 0.717) is 23.2 Å². The Morgan fingerprint density at radius 3 is 2.60 bits per heavy atom. The number of pyridine rings is 1. The second-order valence-corrected chi connectivity index (χ2v) is 4.66. The SMILES string of the molecule is Cc1cc(CNC(=O)c2cccnc2N)cc(C)c1F. The van der Waals surface area contributed by atoms with Crippen LogP contribution in [0.2, 0.25) is 0 Å². The zero-order chi connectivity index (χ0) is 14.7. The maximum Gasteiger partial charge on any atom is 0.255 e. The molecule has 2 rings (SSSR count). The van der Waals surface area contributed by atoms with E-state index in [-0.39, 0.29) is 17.5 Å². The number of rotatable bonds is 3. The number of nitrogens with one attached hydrogen (secondary N) is 1. The van der Waals surface area contributed by atoms with Crippen LogP contribution in [0.15, 0.2) is 30.5 Å². The van der Waals surface area contributed by atoms with Crippen molar-refractivity contribution in [3.05, 3.63) is 58.5 Å². The van der Waals surface area contributed by atoms with Gasteiger partial charge in [0.15, 0.2) is 0 Å². The maximum atomic E-state index is 13.5. The zero-order valence-electron chi connectivity index (χ0n) is 11.4. The van der Waals surface area contributed by atoms with Gasteiger partial charge in [-0.15, -0.1) is 0 Å². The predicted molar refractivity (Wildman–Crippen MR) is 75.7 cm³/mol. The van der Waals surface area contributed by atoms with Crippen molar-refractivity contribution in [3.8, 4) is 0 Å². The first-order chi connectivity index (χ1) is 9.49. The first kappa shape index (κ1) is 14.0. The van der Waals surface area contributed by atoms with Crippen molar-refractivity contribution in [2.75, 3.05) is 5.73 Å². The minimum atomic E-state index is -0.296. The van der Waals surface area contributed by atoms with Gasteiger partial charge in [-0.3, -0.25) is 4.79 Å². The molecule has 0 unspecified atom stereocenters. The lowest BCUT2D eigenvalue weighted by atomic mass is 10.1. The second-order valence-electron chi connectivity index (χ2n) is 4.66. The molecule has 0 fully saturated rings. The number of amides is 1. The third-order valence-corrected chi connectivity index (χ3v) is 3.03. The van der Waals surface area contributed by atoms with Gasteiger partial charge in [-0.1, -0.05) is 12.1 Å². The van der Waals surface area contributed by atoms with Gasteiger partial charge >= 0.3 is 0 Å². The van der Waals surface area contributed by atoms with Crippen LogP contribution in [-0.2, 0) is 6.54 Å². The molecule has 0 aliphatic heterocycles. The molecule has 0 radical (unpaired) electrons. The van der Waals surface area contributed by atoms with E-state index >= 15 is 0 Å². The van der Waals surface area contributed by atoms with Gasteiger partial charge < -0.3 is 11.1 Å². The molecule has 0 aliphatic carbocycles. The van der Waals surface area contributed by atoms with E-state index in [1.54, 1.807) is 38.1 Å². The van der Waals surface area contributed by atoms with Crippen LogP contribution < -0.4 is 11.1 Å². The Morgan fingerprint density at radius 1 is 1.35 bits per heavy atom. The Morgan fingerprint density at radius 2 is 2.00 bits per heavy atom. The Hall–Kier alpha value is -2.43. The second kappa shape index (κ2) is 5.69. The molecule has 3 N–H and O–H groups in total. The summed E-state index contributed by atoms with van der Waals surface area (Å²) in [4.78, 5) is 15.8. The summed E-state index contributed by atoms with van der Waals surface area (Å²) in [5.41, 5.74) is 7.95. The van der Waals surface area contributed by atoms with Crippen LogP contribution in [0.5, 0.6) is 0 Å². The fourth-order valence-corrected chi connectivity index (χ4v) is 2.02. The number of nitrogen functional groups attached to an aromatic ring is 1. The summed E-state index contributed by atoms with van der Waals surface area (Å²) in [5.74, 6) is -0.316. The molecule has 0 saturated heterocycles. The summed E-state index contributed by atoms with van der Waals surface area (Å²) in [6.07, 6.45) is 1.53. The van der Waals surface area contributed by atoms with E-state index in [1.807, 2.05) is 0 Å². The topological polar surface area (TPSA) is 68.0 Å². The van der Waals surface area contributed by atoms with Crippen LogP contribution in [0, 0.1) is 19.7 Å². The molecule has 1 amide bonds. The van der Waals surface area contributed by atoms with Crippen LogP contribution in [0.4, 0.5) is 10.2 Å². The monoisotopic (exact) mass is 273 g/mol. The van der Waals surface area contributed by atoms with Crippen molar-refractivity contribution in [2.24, 2.45) is 0 Å². The molecule has 0 saturated carbocycles. The largest absolute Gasteiger partial charge is 0.383 e. The van der Waals surface area contributed by atoms with Gasteiger partial charge in [0.1, 0.15) is 11.6 Å². The molecule has 2 aromatic rings. The predicted octanol–water partition coefficient (Wildman–Crippen LogP) is 2.35. The number of anilines is 1. The van der Waals surface area contributed by atoms with E-state index in [0.717, 1.165) is 5.56 Å². The van der Waals surface area contributed by atoms with Crippen LogP contribution in [0.1, 0.15) is 27.0 Å². The molecule has 0 spiro atoms. The normalized spacial score (nSPS) is 10.3. The minimum absolute atomic E-state index is 0.191. The zero-order valence-corrected chi connectivity index (χ0v) is 11.4. The standard InChI is InChI=1S/C15H16FN3O/c1-9-6-11(7-10(2)13(9)16)8-19-15(20)12-4-3-5-18-14(12)17/h3-7H,8H2,1-2H3,(H2,17,18)(H,19,20). The third-order valence-electron chi connectivity index (χ3n) is 3.03. The van der Waals surface area contributed by atoms with Crippen molar-refractivity contribution in [2.45, 2.75) is 20.4 Å². The highest BCUT2D eigenvalue weighted by Gasteiger charge is 2.10. The van der Waals surface area contributed by atoms with Crippen LogP contribution >= 0.6 is 0 Å². The van der Waals surface area contributed by atoms with Gasteiger partial charge in [0.2, 0.25) is 0 Å². The van der Waals surface area contributed by atoms with Gasteiger partial charge in [0.25, 0.3) is 5.91 Å². The molecule has 1 heterocycles. The average Bonchev–Trinajstić information content (AvgIpc) is 2.42. The molecule has 5 heteroatoms. The van der Waals surface area contributed by atoms with Gasteiger partial charge in [-0.2, -0.15) is 0 Å². The van der Waals surface area contributed by atoms with Crippen molar-refractivity contribution in [1.82, 2.24) is 10.3 Å². The van der Waals surface area contributed by atoms with Gasteiger partial charge in [0, 0.05) is 12.7 Å². The fraction of sp³-hybridized carbons (Fsp3) is 0.200. The van der Waals surface area contributed by atoms with Gasteiger partial charge in [-0.05, 0) is 42.7 Å². The molecule has 104 valence electrons. The summed E-state index contributed by atoms with van der Waals surface area (Å²) in [6, 6.07) is 6.70. The van der Waals surface area contributed by atoms with Crippen molar-refractivity contribution in [3.63, 3.8) is 0 Å². The van der Waals surface area contributed by atoms with E-state index in [2.05, 4.69) is 10.3 Å². The van der Waals surface area contributed by atoms with E-state index in [1.165, 1.54) is 6.20 Å². The number of benzene rings is 1. The minimum Gasteiger partial charge on any atom is -0.383 e. The summed E-state index contributed by atoms with van der Waals surface area (Å²) >= 11 is 0. The quantitative estimate of drug-likeness (QED) is 0.902. The Bertz CT molecular complexity index is 632. The van der Waals surface area contributed by atoms with E-state index in [4.69, 9.17) is 5.73 Å². The molecule has 1 aromatic heterocycles. The van der Waals surface area contributed by atoms with Crippen molar-refractivity contribution in [1.29, 1.82) is 0 Å². The molecule has 20 heavy (non-hydrogen) atoms. The number of hydrogen-bond donors (Lipinski definition) is 2. The number of halogens is 1. The summed E-state index contributed by atoms with van der Waals surface area (Å²) < 4.78 is 13.5. The first-order valence-corrected chi connectivity index (χ1v) is 6.23. The molecule has 0 aliphatic rings.